The molecule has 0 saturated carbocycles. The van der Waals surface area contributed by atoms with Crippen LogP contribution in [0, 0.1) is 11.8 Å². The highest BCUT2D eigenvalue weighted by Crippen LogP contribution is 2.17. The molecule has 0 saturated heterocycles. The lowest BCUT2D eigenvalue weighted by Crippen LogP contribution is -1.88. The third kappa shape index (κ3) is 2.37. The summed E-state index contributed by atoms with van der Waals surface area (Å²) < 4.78 is 0. The van der Waals surface area contributed by atoms with Crippen LogP contribution in [-0.2, 0) is 0 Å². The van der Waals surface area contributed by atoms with Gasteiger partial charge in [0, 0.05) is 5.57 Å². The molecule has 1 aliphatic rings. The van der Waals surface area contributed by atoms with Crippen molar-refractivity contribution in [1.29, 1.82) is 0 Å². The minimum Gasteiger partial charge on any atom is -0.135 e. The summed E-state index contributed by atoms with van der Waals surface area (Å²) in [6.45, 7) is 2.17. The first-order chi connectivity index (χ1) is 6.84. The van der Waals surface area contributed by atoms with Crippen LogP contribution in [0.4, 0.5) is 0 Å². The monoisotopic (exact) mass is 200 g/mol. The van der Waals surface area contributed by atoms with E-state index in [1.165, 1.54) is 11.1 Å². The summed E-state index contributed by atoms with van der Waals surface area (Å²) in [7, 11) is 0. The lowest BCUT2D eigenvalue weighted by atomic mass is 10.00. The molecule has 1 aliphatic carbocycles. The molecule has 1 aromatic heterocycles. The van der Waals surface area contributed by atoms with Crippen molar-refractivity contribution in [2.45, 2.75) is 19.8 Å². The Hall–Kier alpha value is -1.26. The average Bonchev–Trinajstić information content (AvgIpc) is 2.70. The van der Waals surface area contributed by atoms with Crippen LogP contribution in [0.15, 0.2) is 40.8 Å². The highest BCUT2D eigenvalue weighted by molar-refractivity contribution is 7.10. The predicted molar refractivity (Wildman–Crippen MR) is 62.3 cm³/mol. The summed E-state index contributed by atoms with van der Waals surface area (Å²) >= 11 is 1.70. The van der Waals surface area contributed by atoms with E-state index >= 15 is 0 Å². The van der Waals surface area contributed by atoms with Crippen molar-refractivity contribution in [2.24, 2.45) is 0 Å². The number of allylic oxidation sites excluding steroid dienone is 4. The molecule has 0 nitrogen and oxygen atoms in total. The van der Waals surface area contributed by atoms with Crippen LogP contribution in [0.3, 0.4) is 0 Å². The van der Waals surface area contributed by atoms with Crippen molar-refractivity contribution in [3.8, 4) is 11.8 Å². The van der Waals surface area contributed by atoms with Gasteiger partial charge in [-0.25, -0.2) is 0 Å². The van der Waals surface area contributed by atoms with Crippen molar-refractivity contribution in [1.82, 2.24) is 0 Å². The summed E-state index contributed by atoms with van der Waals surface area (Å²) in [5.74, 6) is 6.40. The van der Waals surface area contributed by atoms with Gasteiger partial charge >= 0.3 is 0 Å². The molecule has 0 N–H and O–H groups in total. The molecule has 0 unspecified atom stereocenters. The Morgan fingerprint density at radius 1 is 1.21 bits per heavy atom. The Balaban J connectivity index is 2.12. The van der Waals surface area contributed by atoms with E-state index in [1.807, 2.05) is 6.07 Å². The third-order valence-corrected chi connectivity index (χ3v) is 3.01. The lowest BCUT2D eigenvalue weighted by molar-refractivity contribution is 0.934. The Labute approximate surface area is 89.0 Å². The smallest absolute Gasteiger partial charge is 0.0772 e. The second-order valence-electron chi connectivity index (χ2n) is 3.43. The Morgan fingerprint density at radius 3 is 2.79 bits per heavy atom. The first-order valence-corrected chi connectivity index (χ1v) is 5.64. The van der Waals surface area contributed by atoms with Crippen molar-refractivity contribution in [3.63, 3.8) is 0 Å². The van der Waals surface area contributed by atoms with Crippen LogP contribution in [0.25, 0.3) is 0 Å². The van der Waals surface area contributed by atoms with Gasteiger partial charge in [0.15, 0.2) is 0 Å². The molecule has 2 rings (SSSR count). The standard InChI is InChI=1S/C13H12S/c1-11-4-6-12(7-5-11)8-9-13-3-2-10-14-13/h2-4,6,10H,5,7H2,1H3. The third-order valence-electron chi connectivity index (χ3n) is 2.23. The molecule has 0 fully saturated rings. The maximum absolute atomic E-state index is 3.22. The van der Waals surface area contributed by atoms with Crippen molar-refractivity contribution in [3.05, 3.63) is 45.7 Å². The maximum Gasteiger partial charge on any atom is 0.0772 e. The molecule has 0 spiro atoms. The molecular formula is C13H12S. The van der Waals surface area contributed by atoms with Gasteiger partial charge < -0.3 is 0 Å². The van der Waals surface area contributed by atoms with Crippen LogP contribution in [0.2, 0.25) is 0 Å². The SMILES string of the molecule is CC1=CC=C(C#Cc2cccs2)CC1. The van der Waals surface area contributed by atoms with Gasteiger partial charge in [-0.05, 0) is 31.2 Å². The van der Waals surface area contributed by atoms with E-state index < -0.39 is 0 Å². The predicted octanol–water partition coefficient (Wildman–Crippen LogP) is 3.77. The second-order valence-corrected chi connectivity index (χ2v) is 4.38. The Bertz CT molecular complexity index is 422. The van der Waals surface area contributed by atoms with Crippen molar-refractivity contribution >= 4 is 11.3 Å². The van der Waals surface area contributed by atoms with E-state index in [2.05, 4.69) is 42.4 Å². The van der Waals surface area contributed by atoms with Gasteiger partial charge in [-0.1, -0.05) is 35.6 Å². The first kappa shape index (κ1) is 9.30. The topological polar surface area (TPSA) is 0 Å². The molecule has 1 aromatic rings. The zero-order chi connectivity index (χ0) is 9.80. The number of thiophene rings is 1. The molecule has 0 bridgehead atoms. The molecule has 0 atom stereocenters. The van der Waals surface area contributed by atoms with E-state index in [1.54, 1.807) is 11.3 Å². The molecule has 1 heteroatoms. The average molecular weight is 200 g/mol. The van der Waals surface area contributed by atoms with Gasteiger partial charge in [-0.2, -0.15) is 0 Å². The van der Waals surface area contributed by atoms with Crippen LogP contribution >= 0.6 is 11.3 Å². The van der Waals surface area contributed by atoms with Gasteiger partial charge in [-0.15, -0.1) is 11.3 Å². The molecule has 0 radical (unpaired) electrons. The summed E-state index contributed by atoms with van der Waals surface area (Å²) in [6.07, 6.45) is 6.56. The van der Waals surface area contributed by atoms with E-state index in [9.17, 15) is 0 Å². The fourth-order valence-electron chi connectivity index (χ4n) is 1.34. The van der Waals surface area contributed by atoms with Crippen molar-refractivity contribution < 1.29 is 0 Å². The fraction of sp³-hybridized carbons (Fsp3) is 0.231. The van der Waals surface area contributed by atoms with E-state index in [0.29, 0.717) is 0 Å². The van der Waals surface area contributed by atoms with E-state index in [4.69, 9.17) is 0 Å². The zero-order valence-electron chi connectivity index (χ0n) is 8.21. The summed E-state index contributed by atoms with van der Waals surface area (Å²) in [5.41, 5.74) is 2.70. The van der Waals surface area contributed by atoms with Crippen LogP contribution in [0.1, 0.15) is 24.6 Å². The van der Waals surface area contributed by atoms with E-state index in [0.717, 1.165) is 17.7 Å². The first-order valence-electron chi connectivity index (χ1n) is 4.76. The summed E-state index contributed by atoms with van der Waals surface area (Å²) in [4.78, 5) is 1.15. The van der Waals surface area contributed by atoms with Gasteiger partial charge in [0.05, 0.1) is 4.88 Å². The molecule has 14 heavy (non-hydrogen) atoms. The quantitative estimate of drug-likeness (QED) is 0.559. The maximum atomic E-state index is 3.22. The van der Waals surface area contributed by atoms with Crippen LogP contribution in [0.5, 0.6) is 0 Å². The fourth-order valence-corrected chi connectivity index (χ4v) is 1.91. The zero-order valence-corrected chi connectivity index (χ0v) is 9.03. The molecular weight excluding hydrogens is 188 g/mol. The Kier molecular flexibility index (Phi) is 2.86. The van der Waals surface area contributed by atoms with Gasteiger partial charge in [0.25, 0.3) is 0 Å². The molecule has 0 aromatic carbocycles. The normalized spacial score (nSPS) is 15.2. The highest BCUT2D eigenvalue weighted by Gasteiger charge is 1.99. The minimum absolute atomic E-state index is 1.10. The molecule has 70 valence electrons. The summed E-state index contributed by atoms with van der Waals surface area (Å²) in [5, 5.41) is 2.06. The van der Waals surface area contributed by atoms with Gasteiger partial charge in [-0.3, -0.25) is 0 Å². The van der Waals surface area contributed by atoms with Gasteiger partial charge in [0.1, 0.15) is 0 Å². The van der Waals surface area contributed by atoms with Gasteiger partial charge in [0.2, 0.25) is 0 Å². The highest BCUT2D eigenvalue weighted by atomic mass is 32.1. The second kappa shape index (κ2) is 4.30. The number of hydrogen-bond donors (Lipinski definition) is 0. The lowest BCUT2D eigenvalue weighted by Gasteiger charge is -2.05. The number of rotatable bonds is 0. The largest absolute Gasteiger partial charge is 0.135 e. The van der Waals surface area contributed by atoms with Crippen molar-refractivity contribution in [2.75, 3.05) is 0 Å². The molecule has 1 heterocycles. The Morgan fingerprint density at radius 2 is 2.14 bits per heavy atom. The molecule has 0 aliphatic heterocycles. The number of hydrogen-bond acceptors (Lipinski definition) is 1. The van der Waals surface area contributed by atoms with E-state index in [-0.39, 0.29) is 0 Å². The minimum atomic E-state index is 1.10. The van der Waals surface area contributed by atoms with Crippen LogP contribution in [-0.4, -0.2) is 0 Å². The summed E-state index contributed by atoms with van der Waals surface area (Å²) in [6, 6.07) is 4.09. The molecule has 0 amide bonds. The van der Waals surface area contributed by atoms with Crippen LogP contribution < -0.4 is 0 Å².